The zero-order chi connectivity index (χ0) is 47.3. The molecule has 0 radical (unpaired) electrons. The number of rotatable bonds is 22. The fourth-order valence-corrected chi connectivity index (χ4v) is 8.67. The minimum atomic E-state index is -2.93. The van der Waals surface area contributed by atoms with Gasteiger partial charge in [-0.05, 0) is 31.4 Å². The van der Waals surface area contributed by atoms with Crippen molar-refractivity contribution in [3.63, 3.8) is 0 Å². The number of nitrogens with two attached hydrogens (primary N) is 1. The Morgan fingerprint density at radius 3 is 2.07 bits per heavy atom. The van der Waals surface area contributed by atoms with Gasteiger partial charge in [0.1, 0.15) is 11.7 Å². The third kappa shape index (κ3) is 12.5. The maximum Gasteiger partial charge on any atom is 0.281 e. The molecule has 3 aromatic rings. The molecular formula is C45H59F2N13O7. The molecule has 360 valence electrons. The third-order valence-corrected chi connectivity index (χ3v) is 12.4. The smallest absolute Gasteiger partial charge is 0.281 e. The van der Waals surface area contributed by atoms with Gasteiger partial charge in [0.05, 0.1) is 29.9 Å². The first-order valence-electron chi connectivity index (χ1n) is 23.4. The maximum atomic E-state index is 14.0. The summed E-state index contributed by atoms with van der Waals surface area (Å²) < 4.78 is 33.4. The Kier molecular flexibility index (Phi) is 16.9. The molecule has 4 aliphatic rings. The predicted octanol–water partition coefficient (Wildman–Crippen LogP) is 3.64. The number of piperidine rings is 1. The van der Waals surface area contributed by atoms with Gasteiger partial charge in [0.25, 0.3) is 18.2 Å². The highest BCUT2D eigenvalue weighted by Gasteiger charge is 2.45. The fourth-order valence-electron chi connectivity index (χ4n) is 8.67. The average Bonchev–Trinajstić information content (AvgIpc) is 3.59. The van der Waals surface area contributed by atoms with Crippen LogP contribution in [0.2, 0.25) is 0 Å². The maximum absolute atomic E-state index is 14.0. The zero-order valence-corrected chi connectivity index (χ0v) is 37.7. The van der Waals surface area contributed by atoms with Gasteiger partial charge in [-0.2, -0.15) is 15.0 Å². The van der Waals surface area contributed by atoms with E-state index in [0.29, 0.717) is 77.2 Å². The number of ether oxygens (including phenoxy) is 1. The topological polar surface area (TPSA) is 251 Å². The number of imide groups is 2. The number of benzene rings is 1. The number of amides is 6. The van der Waals surface area contributed by atoms with E-state index in [1.54, 1.807) is 23.1 Å². The number of nitrogens with zero attached hydrogens (tertiary/aromatic N) is 9. The second kappa shape index (κ2) is 23.3. The first kappa shape index (κ1) is 48.5. The summed E-state index contributed by atoms with van der Waals surface area (Å²) in [7, 11) is 0. The quantitative estimate of drug-likeness (QED) is 0.0829. The number of aromatic nitrogens is 5. The largest absolute Gasteiger partial charge is 0.384 e. The SMILES string of the molecule is Nc1ncc(-c2nc(N3CCOCC3)nc(N3CCN(C(=O)CCC(=O)NCCCCCCCCCCCCNc4cccc5c4C(=O)N(C4CCC(=O)NC4=O)C5=O)CC3)n2)c(C(F)F)n1. The van der Waals surface area contributed by atoms with Crippen LogP contribution in [0.15, 0.2) is 24.4 Å². The Bertz CT molecular complexity index is 2270. The third-order valence-electron chi connectivity index (χ3n) is 12.4. The number of anilines is 4. The van der Waals surface area contributed by atoms with Crippen LogP contribution in [-0.2, 0) is 23.9 Å². The van der Waals surface area contributed by atoms with Crippen molar-refractivity contribution in [2.24, 2.45) is 0 Å². The van der Waals surface area contributed by atoms with Crippen LogP contribution in [0.1, 0.15) is 123 Å². The Balaban J connectivity index is 0.723. The van der Waals surface area contributed by atoms with Crippen LogP contribution < -0.4 is 31.5 Å². The van der Waals surface area contributed by atoms with Crippen molar-refractivity contribution < 1.29 is 42.3 Å². The molecule has 0 spiro atoms. The molecule has 0 saturated carbocycles. The molecule has 7 rings (SSSR count). The lowest BCUT2D eigenvalue weighted by Crippen LogP contribution is -2.54. The Morgan fingerprint density at radius 1 is 0.776 bits per heavy atom. The van der Waals surface area contributed by atoms with E-state index in [4.69, 9.17) is 10.5 Å². The number of morpholine rings is 1. The minimum Gasteiger partial charge on any atom is -0.384 e. The summed E-state index contributed by atoms with van der Waals surface area (Å²) in [6.07, 6.45) is 9.17. The number of unbranched alkanes of at least 4 members (excludes halogenated alkanes) is 9. The van der Waals surface area contributed by atoms with Crippen LogP contribution in [-0.4, -0.2) is 142 Å². The van der Waals surface area contributed by atoms with Crippen LogP contribution in [0, 0.1) is 0 Å². The van der Waals surface area contributed by atoms with E-state index in [0.717, 1.165) is 69.1 Å². The summed E-state index contributed by atoms with van der Waals surface area (Å²) >= 11 is 0. The summed E-state index contributed by atoms with van der Waals surface area (Å²) in [6, 6.07) is 4.08. The summed E-state index contributed by atoms with van der Waals surface area (Å²) in [5.74, 6) is -2.03. The number of piperazine rings is 1. The number of alkyl halides is 2. The van der Waals surface area contributed by atoms with E-state index in [9.17, 15) is 37.5 Å². The van der Waals surface area contributed by atoms with Crippen molar-refractivity contribution in [3.8, 4) is 11.4 Å². The minimum absolute atomic E-state index is 0.00201. The van der Waals surface area contributed by atoms with Crippen LogP contribution in [0.5, 0.6) is 0 Å². The second-order valence-electron chi connectivity index (χ2n) is 17.0. The zero-order valence-electron chi connectivity index (χ0n) is 37.7. The van der Waals surface area contributed by atoms with Gasteiger partial charge in [-0.25, -0.2) is 18.7 Å². The molecule has 1 unspecified atom stereocenters. The van der Waals surface area contributed by atoms with Gasteiger partial charge in [0.2, 0.25) is 41.5 Å². The number of nitrogens with one attached hydrogen (secondary N) is 3. The lowest BCUT2D eigenvalue weighted by Gasteiger charge is -2.35. The van der Waals surface area contributed by atoms with E-state index >= 15 is 0 Å². The molecule has 2 aromatic heterocycles. The van der Waals surface area contributed by atoms with E-state index in [2.05, 4.69) is 40.9 Å². The Labute approximate surface area is 387 Å². The molecule has 22 heteroatoms. The van der Waals surface area contributed by atoms with E-state index < -0.39 is 41.8 Å². The van der Waals surface area contributed by atoms with Gasteiger partial charge in [-0.1, -0.05) is 57.4 Å². The summed E-state index contributed by atoms with van der Waals surface area (Å²) in [5.41, 5.74) is 6.09. The van der Waals surface area contributed by atoms with Crippen molar-refractivity contribution in [3.05, 3.63) is 41.2 Å². The summed E-state index contributed by atoms with van der Waals surface area (Å²) in [4.78, 5) is 104. The van der Waals surface area contributed by atoms with Crippen LogP contribution in [0.4, 0.5) is 32.3 Å². The van der Waals surface area contributed by atoms with E-state index in [1.807, 2.05) is 9.80 Å². The van der Waals surface area contributed by atoms with Crippen LogP contribution in [0.3, 0.4) is 0 Å². The van der Waals surface area contributed by atoms with Gasteiger partial charge < -0.3 is 35.8 Å². The molecule has 67 heavy (non-hydrogen) atoms. The Morgan fingerprint density at radius 2 is 1.42 bits per heavy atom. The standard InChI is InChI=1S/C45H59F2N13O7/c46-38(47)37-30(28-51-43(48)53-37)39-54-44(56-45(55-39)59-24-26-67-27-25-59)58-22-20-57(21-23-58)35(63)17-16-33(61)50-19-10-8-6-4-2-1-3-5-7-9-18-49-31-13-11-12-29-36(31)42(66)60(41(29)65)32-14-15-34(62)52-40(32)64/h11-13,28,32,38,49H,1-10,14-27H2,(H,50,61)(H2,48,51,53)(H,52,62,64). The molecule has 1 atom stereocenters. The first-order chi connectivity index (χ1) is 32.5. The molecule has 0 bridgehead atoms. The fraction of sp³-hybridized carbons (Fsp3) is 0.578. The molecule has 4 aliphatic heterocycles. The predicted molar refractivity (Wildman–Crippen MR) is 242 cm³/mol. The van der Waals surface area contributed by atoms with Crippen molar-refractivity contribution >= 4 is 59.0 Å². The van der Waals surface area contributed by atoms with Gasteiger partial charge in [0.15, 0.2) is 5.82 Å². The number of nitrogen functional groups attached to an aromatic ring is 1. The number of hydrogen-bond donors (Lipinski definition) is 4. The van der Waals surface area contributed by atoms with Crippen LogP contribution in [0.25, 0.3) is 11.4 Å². The van der Waals surface area contributed by atoms with Gasteiger partial charge >= 0.3 is 0 Å². The number of hydrogen-bond acceptors (Lipinski definition) is 16. The van der Waals surface area contributed by atoms with Crippen molar-refractivity contribution in [2.45, 2.75) is 102 Å². The molecule has 1 aromatic carbocycles. The van der Waals surface area contributed by atoms with Crippen molar-refractivity contribution in [1.82, 2.24) is 45.4 Å². The molecule has 3 fully saturated rings. The van der Waals surface area contributed by atoms with Crippen molar-refractivity contribution in [2.75, 3.05) is 86.4 Å². The highest BCUT2D eigenvalue weighted by Crippen LogP contribution is 2.33. The molecule has 0 aliphatic carbocycles. The molecule has 3 saturated heterocycles. The number of fused-ring (bicyclic) bond motifs is 1. The molecule has 5 N–H and O–H groups in total. The number of halogens is 2. The summed E-state index contributed by atoms with van der Waals surface area (Å²) in [5, 5.41) is 8.46. The van der Waals surface area contributed by atoms with E-state index in [1.165, 1.54) is 6.20 Å². The molecule has 20 nitrogen and oxygen atoms in total. The highest BCUT2D eigenvalue weighted by molar-refractivity contribution is 6.25. The molecular weight excluding hydrogens is 873 g/mol. The normalized spacial score (nSPS) is 17.6. The highest BCUT2D eigenvalue weighted by atomic mass is 19.3. The number of carbonyl (C=O) groups excluding carboxylic acids is 6. The summed E-state index contributed by atoms with van der Waals surface area (Å²) in [6.45, 7) is 4.71. The monoisotopic (exact) mass is 931 g/mol. The number of carbonyl (C=O) groups is 6. The van der Waals surface area contributed by atoms with Crippen molar-refractivity contribution in [1.29, 1.82) is 0 Å². The second-order valence-corrected chi connectivity index (χ2v) is 17.0. The van der Waals surface area contributed by atoms with E-state index in [-0.39, 0.29) is 71.9 Å². The lowest BCUT2D eigenvalue weighted by atomic mass is 10.0. The average molecular weight is 932 g/mol. The Hall–Kier alpha value is -6.45. The van der Waals surface area contributed by atoms with Gasteiger partial charge in [-0.3, -0.25) is 39.0 Å². The van der Waals surface area contributed by atoms with Crippen LogP contribution >= 0.6 is 0 Å². The van der Waals surface area contributed by atoms with Gasteiger partial charge in [0, 0.05) is 83.5 Å². The van der Waals surface area contributed by atoms with Gasteiger partial charge in [-0.15, -0.1) is 0 Å². The first-order valence-corrected chi connectivity index (χ1v) is 23.4. The lowest BCUT2D eigenvalue weighted by molar-refractivity contribution is -0.136. The molecule has 6 amide bonds. The molecule has 6 heterocycles.